The van der Waals surface area contributed by atoms with Crippen molar-refractivity contribution in [2.45, 2.75) is 13.5 Å². The number of hydrogen-bond acceptors (Lipinski definition) is 7. The van der Waals surface area contributed by atoms with E-state index in [-0.39, 0.29) is 17.8 Å². The van der Waals surface area contributed by atoms with Crippen molar-refractivity contribution in [2.75, 3.05) is 0 Å². The third-order valence-corrected chi connectivity index (χ3v) is 5.61. The molecule has 0 aliphatic rings. The Labute approximate surface area is 185 Å². The van der Waals surface area contributed by atoms with Gasteiger partial charge >= 0.3 is 0 Å². The van der Waals surface area contributed by atoms with Crippen LogP contribution in [0.25, 0.3) is 21.3 Å². The average molecular weight is 447 g/mol. The van der Waals surface area contributed by atoms with Crippen LogP contribution in [0, 0.1) is 17.0 Å². The molecule has 0 radical (unpaired) electrons. The van der Waals surface area contributed by atoms with Crippen LogP contribution in [0.2, 0.25) is 0 Å². The van der Waals surface area contributed by atoms with Gasteiger partial charge in [0.2, 0.25) is 0 Å². The highest BCUT2D eigenvalue weighted by Gasteiger charge is 2.14. The molecule has 2 heterocycles. The standard InChI is InChI=1S/C22H17N5O4S/c1-14-5-7-16(8-6-14)18-12-32-21-20(18)22(29)26(13-23-21)11-19(28)25-24-10-15-3-2-4-17(9-15)27(30)31/h2-10,12-13H,11H2,1H3,(H,25,28)/b24-10+. The van der Waals surface area contributed by atoms with Crippen molar-refractivity contribution in [1.29, 1.82) is 0 Å². The van der Waals surface area contributed by atoms with Crippen LogP contribution >= 0.6 is 11.3 Å². The maximum Gasteiger partial charge on any atom is 0.270 e. The highest BCUT2D eigenvalue weighted by molar-refractivity contribution is 7.17. The number of hydrogen-bond donors (Lipinski definition) is 1. The normalized spacial score (nSPS) is 11.2. The van der Waals surface area contributed by atoms with Crippen molar-refractivity contribution in [3.63, 3.8) is 0 Å². The molecule has 10 heteroatoms. The molecule has 0 unspecified atom stereocenters. The van der Waals surface area contributed by atoms with Gasteiger partial charge in [-0.05, 0) is 12.5 Å². The van der Waals surface area contributed by atoms with Crippen LogP contribution in [0.1, 0.15) is 11.1 Å². The summed E-state index contributed by atoms with van der Waals surface area (Å²) in [7, 11) is 0. The number of nitrogens with one attached hydrogen (secondary N) is 1. The summed E-state index contributed by atoms with van der Waals surface area (Å²) in [6, 6.07) is 13.7. The van der Waals surface area contributed by atoms with E-state index in [0.717, 1.165) is 16.7 Å². The van der Waals surface area contributed by atoms with Gasteiger partial charge in [-0.1, -0.05) is 42.0 Å². The third-order valence-electron chi connectivity index (χ3n) is 4.72. The van der Waals surface area contributed by atoms with E-state index in [1.54, 1.807) is 6.07 Å². The zero-order chi connectivity index (χ0) is 22.7. The summed E-state index contributed by atoms with van der Waals surface area (Å²) in [5.74, 6) is -0.526. The third kappa shape index (κ3) is 4.44. The minimum Gasteiger partial charge on any atom is -0.289 e. The molecule has 32 heavy (non-hydrogen) atoms. The summed E-state index contributed by atoms with van der Waals surface area (Å²) < 4.78 is 1.23. The number of nitro benzene ring substituents is 1. The number of nitrogens with zero attached hydrogens (tertiary/aromatic N) is 4. The molecule has 2 aromatic carbocycles. The van der Waals surface area contributed by atoms with Gasteiger partial charge in [0.1, 0.15) is 11.4 Å². The van der Waals surface area contributed by atoms with Crippen molar-refractivity contribution in [3.8, 4) is 11.1 Å². The fraction of sp³-hybridized carbons (Fsp3) is 0.0909. The number of amides is 1. The van der Waals surface area contributed by atoms with E-state index in [1.807, 2.05) is 36.6 Å². The first-order chi connectivity index (χ1) is 15.4. The smallest absolute Gasteiger partial charge is 0.270 e. The lowest BCUT2D eigenvalue weighted by molar-refractivity contribution is -0.384. The van der Waals surface area contributed by atoms with Crippen LogP contribution in [0.3, 0.4) is 0 Å². The number of aromatic nitrogens is 2. The van der Waals surface area contributed by atoms with Crippen LogP contribution in [0.4, 0.5) is 5.69 Å². The molecule has 0 bridgehead atoms. The molecule has 0 aliphatic carbocycles. The topological polar surface area (TPSA) is 119 Å². The van der Waals surface area contributed by atoms with Gasteiger partial charge in [0.05, 0.1) is 22.9 Å². The average Bonchev–Trinajstić information content (AvgIpc) is 3.21. The summed E-state index contributed by atoms with van der Waals surface area (Å²) in [6.45, 7) is 1.72. The van der Waals surface area contributed by atoms with E-state index < -0.39 is 10.8 Å². The first kappa shape index (κ1) is 21.1. The number of carbonyl (C=O) groups is 1. The van der Waals surface area contributed by atoms with Gasteiger partial charge in [-0.2, -0.15) is 5.10 Å². The van der Waals surface area contributed by atoms with Crippen LogP contribution < -0.4 is 11.0 Å². The van der Waals surface area contributed by atoms with Crippen molar-refractivity contribution >= 4 is 39.4 Å². The Morgan fingerprint density at radius 2 is 2.06 bits per heavy atom. The number of thiophene rings is 1. The fourth-order valence-electron chi connectivity index (χ4n) is 3.11. The van der Waals surface area contributed by atoms with Gasteiger partial charge in [0.15, 0.2) is 0 Å². The fourth-order valence-corrected chi connectivity index (χ4v) is 4.02. The second kappa shape index (κ2) is 8.90. The predicted molar refractivity (Wildman–Crippen MR) is 123 cm³/mol. The lowest BCUT2D eigenvalue weighted by atomic mass is 10.1. The largest absolute Gasteiger partial charge is 0.289 e. The Hall–Kier alpha value is -4.18. The van der Waals surface area contributed by atoms with Gasteiger partial charge in [-0.15, -0.1) is 11.3 Å². The number of carbonyl (C=O) groups excluding carboxylic acids is 1. The van der Waals surface area contributed by atoms with Gasteiger partial charge in [-0.3, -0.25) is 24.3 Å². The second-order valence-corrected chi connectivity index (χ2v) is 7.88. The van der Waals surface area contributed by atoms with Crippen molar-refractivity contribution in [3.05, 3.63) is 91.8 Å². The minimum atomic E-state index is -0.526. The number of aryl methyl sites for hydroxylation is 1. The zero-order valence-corrected chi connectivity index (χ0v) is 17.7. The molecule has 160 valence electrons. The summed E-state index contributed by atoms with van der Waals surface area (Å²) in [6.07, 6.45) is 2.63. The Morgan fingerprint density at radius 3 is 2.81 bits per heavy atom. The van der Waals surface area contributed by atoms with Gasteiger partial charge in [-0.25, -0.2) is 10.4 Å². The molecule has 2 aromatic heterocycles. The van der Waals surface area contributed by atoms with Gasteiger partial charge < -0.3 is 0 Å². The quantitative estimate of drug-likeness (QED) is 0.276. The molecule has 1 amide bonds. The van der Waals surface area contributed by atoms with Crippen LogP contribution in [-0.4, -0.2) is 26.6 Å². The Kier molecular flexibility index (Phi) is 5.86. The minimum absolute atomic E-state index is 0.0775. The zero-order valence-electron chi connectivity index (χ0n) is 16.9. The summed E-state index contributed by atoms with van der Waals surface area (Å²) in [4.78, 5) is 40.5. The molecule has 9 nitrogen and oxygen atoms in total. The first-order valence-corrected chi connectivity index (χ1v) is 10.4. The van der Waals surface area contributed by atoms with E-state index in [0.29, 0.717) is 15.8 Å². The molecular weight excluding hydrogens is 430 g/mol. The van der Waals surface area contributed by atoms with Crippen molar-refractivity contribution < 1.29 is 9.72 Å². The predicted octanol–water partition coefficient (Wildman–Crippen LogP) is 3.49. The number of rotatable bonds is 6. The summed E-state index contributed by atoms with van der Waals surface area (Å²) >= 11 is 1.37. The van der Waals surface area contributed by atoms with E-state index in [9.17, 15) is 19.7 Å². The maximum atomic E-state index is 13.0. The summed E-state index contributed by atoms with van der Waals surface area (Å²) in [5, 5.41) is 17.0. The molecule has 0 aliphatic heterocycles. The lowest BCUT2D eigenvalue weighted by Gasteiger charge is -2.05. The molecule has 0 spiro atoms. The van der Waals surface area contributed by atoms with Crippen LogP contribution in [0.5, 0.6) is 0 Å². The molecule has 0 fully saturated rings. The number of hydrazone groups is 1. The van der Waals surface area contributed by atoms with Crippen LogP contribution in [-0.2, 0) is 11.3 Å². The molecule has 1 N–H and O–H groups in total. The molecule has 0 saturated heterocycles. The highest BCUT2D eigenvalue weighted by atomic mass is 32.1. The Morgan fingerprint density at radius 1 is 1.28 bits per heavy atom. The Balaban J connectivity index is 1.52. The van der Waals surface area contributed by atoms with E-state index in [1.165, 1.54) is 46.6 Å². The maximum absolute atomic E-state index is 13.0. The molecular formula is C22H17N5O4S. The Bertz CT molecular complexity index is 1410. The summed E-state index contributed by atoms with van der Waals surface area (Å²) in [5.41, 5.74) is 5.19. The highest BCUT2D eigenvalue weighted by Crippen LogP contribution is 2.30. The SMILES string of the molecule is Cc1ccc(-c2csc3ncn(CC(=O)N/N=C/c4cccc([N+](=O)[O-])c4)c(=O)c23)cc1. The number of nitro groups is 1. The molecule has 0 atom stereocenters. The van der Waals surface area contributed by atoms with Crippen molar-refractivity contribution in [1.82, 2.24) is 15.0 Å². The first-order valence-electron chi connectivity index (χ1n) is 9.52. The van der Waals surface area contributed by atoms with Gasteiger partial charge in [0.25, 0.3) is 17.2 Å². The number of fused-ring (bicyclic) bond motifs is 1. The molecule has 0 saturated carbocycles. The monoisotopic (exact) mass is 447 g/mol. The second-order valence-electron chi connectivity index (χ2n) is 7.02. The molecule has 4 aromatic rings. The van der Waals surface area contributed by atoms with E-state index in [2.05, 4.69) is 15.5 Å². The molecule has 4 rings (SSSR count). The lowest BCUT2D eigenvalue weighted by Crippen LogP contribution is -2.30. The van der Waals surface area contributed by atoms with Crippen molar-refractivity contribution in [2.24, 2.45) is 5.10 Å². The van der Waals surface area contributed by atoms with Gasteiger partial charge in [0, 0.05) is 28.6 Å². The van der Waals surface area contributed by atoms with Crippen LogP contribution in [0.15, 0.2) is 70.1 Å². The van der Waals surface area contributed by atoms with E-state index >= 15 is 0 Å². The number of benzene rings is 2. The number of non-ortho nitro benzene ring substituents is 1. The van der Waals surface area contributed by atoms with E-state index in [4.69, 9.17) is 0 Å².